The predicted molar refractivity (Wildman–Crippen MR) is 75.7 cm³/mol. The number of unbranched alkanes of at least 4 members (excludes halogenated alkanes) is 1. The maximum Gasteiger partial charge on any atom is 0.223 e. The first-order chi connectivity index (χ1) is 8.63. The van der Waals surface area contributed by atoms with Crippen molar-refractivity contribution in [2.24, 2.45) is 0 Å². The van der Waals surface area contributed by atoms with Crippen molar-refractivity contribution in [3.63, 3.8) is 0 Å². The Kier molecular flexibility index (Phi) is 7.28. The van der Waals surface area contributed by atoms with E-state index in [-0.39, 0.29) is 0 Å². The van der Waals surface area contributed by atoms with Crippen LogP contribution in [-0.2, 0) is 4.79 Å². The molecule has 1 atom stereocenters. The monoisotopic (exact) mass is 255 g/mol. The van der Waals surface area contributed by atoms with Gasteiger partial charge in [0.05, 0.1) is 0 Å². The second-order valence-electron chi connectivity index (χ2n) is 5.54. The van der Waals surface area contributed by atoms with Gasteiger partial charge in [0.2, 0.25) is 5.91 Å². The van der Waals surface area contributed by atoms with Crippen molar-refractivity contribution in [3.8, 4) is 0 Å². The Morgan fingerprint density at radius 1 is 1.33 bits per heavy atom. The lowest BCUT2D eigenvalue weighted by Crippen LogP contribution is -2.42. The summed E-state index contributed by atoms with van der Waals surface area (Å²) in [5, 5.41) is 3.48. The fourth-order valence-corrected chi connectivity index (χ4v) is 2.32. The lowest BCUT2D eigenvalue weighted by molar-refractivity contribution is -0.131. The molecule has 4 nitrogen and oxygen atoms in total. The van der Waals surface area contributed by atoms with Gasteiger partial charge in [-0.25, -0.2) is 0 Å². The van der Waals surface area contributed by atoms with Gasteiger partial charge in [-0.3, -0.25) is 4.79 Å². The molecule has 0 aromatic rings. The van der Waals surface area contributed by atoms with Crippen LogP contribution >= 0.6 is 0 Å². The molecule has 1 aliphatic heterocycles. The van der Waals surface area contributed by atoms with Gasteiger partial charge in [0.25, 0.3) is 0 Å². The highest BCUT2D eigenvalue weighted by molar-refractivity contribution is 5.76. The van der Waals surface area contributed by atoms with Crippen LogP contribution in [0.1, 0.15) is 39.0 Å². The molecule has 0 radical (unpaired) electrons. The van der Waals surface area contributed by atoms with Gasteiger partial charge < -0.3 is 15.1 Å². The van der Waals surface area contributed by atoms with Crippen LogP contribution in [0.2, 0.25) is 0 Å². The molecule has 1 saturated heterocycles. The van der Waals surface area contributed by atoms with Gasteiger partial charge >= 0.3 is 0 Å². The molecule has 106 valence electrons. The lowest BCUT2D eigenvalue weighted by Gasteiger charge is -2.26. The maximum absolute atomic E-state index is 12.2. The average Bonchev–Trinajstić information content (AvgIpc) is 2.84. The molecule has 1 heterocycles. The standard InChI is InChI=1S/C14H29N3O/c1-4-5-10-17(12-13-7-6-9-15-13)14(18)8-11-16(2)3/h13,15H,4-12H2,1-3H3. The first-order valence-corrected chi connectivity index (χ1v) is 7.29. The van der Waals surface area contributed by atoms with Gasteiger partial charge in [0.15, 0.2) is 0 Å². The molecular formula is C14H29N3O. The number of rotatable bonds is 8. The summed E-state index contributed by atoms with van der Waals surface area (Å²) in [6.07, 6.45) is 5.36. The summed E-state index contributed by atoms with van der Waals surface area (Å²) in [7, 11) is 4.03. The fourth-order valence-electron chi connectivity index (χ4n) is 2.32. The van der Waals surface area contributed by atoms with Crippen molar-refractivity contribution in [1.29, 1.82) is 0 Å². The van der Waals surface area contributed by atoms with Gasteiger partial charge in [-0.2, -0.15) is 0 Å². The Morgan fingerprint density at radius 2 is 2.11 bits per heavy atom. The van der Waals surface area contributed by atoms with Crippen LogP contribution in [0.4, 0.5) is 0 Å². The molecule has 1 N–H and O–H groups in total. The smallest absolute Gasteiger partial charge is 0.223 e. The van der Waals surface area contributed by atoms with Gasteiger partial charge in [-0.15, -0.1) is 0 Å². The number of amides is 1. The molecule has 18 heavy (non-hydrogen) atoms. The van der Waals surface area contributed by atoms with Crippen molar-refractivity contribution >= 4 is 5.91 Å². The Hall–Kier alpha value is -0.610. The number of carbonyl (C=O) groups is 1. The highest BCUT2D eigenvalue weighted by Crippen LogP contribution is 2.09. The molecule has 1 fully saturated rings. The van der Waals surface area contributed by atoms with Crippen molar-refractivity contribution in [2.45, 2.75) is 45.1 Å². The molecule has 4 heteroatoms. The number of carbonyl (C=O) groups excluding carboxylic acids is 1. The van der Waals surface area contributed by atoms with Crippen LogP contribution in [0.25, 0.3) is 0 Å². The second kappa shape index (κ2) is 8.48. The van der Waals surface area contributed by atoms with E-state index in [0.29, 0.717) is 18.4 Å². The third kappa shape index (κ3) is 5.83. The van der Waals surface area contributed by atoms with E-state index in [1.165, 1.54) is 12.8 Å². The maximum atomic E-state index is 12.2. The van der Waals surface area contributed by atoms with Gasteiger partial charge in [-0.1, -0.05) is 13.3 Å². The minimum absolute atomic E-state index is 0.311. The van der Waals surface area contributed by atoms with Crippen LogP contribution in [0.3, 0.4) is 0 Å². The van der Waals surface area contributed by atoms with Crippen molar-refractivity contribution in [1.82, 2.24) is 15.1 Å². The van der Waals surface area contributed by atoms with Crippen molar-refractivity contribution in [3.05, 3.63) is 0 Å². The molecule has 1 rings (SSSR count). The van der Waals surface area contributed by atoms with Crippen LogP contribution < -0.4 is 5.32 Å². The van der Waals surface area contributed by atoms with Crippen molar-refractivity contribution in [2.75, 3.05) is 40.3 Å². The summed E-state index contributed by atoms with van der Waals surface area (Å²) >= 11 is 0. The molecule has 0 aromatic carbocycles. The predicted octanol–water partition coefficient (Wildman–Crippen LogP) is 1.32. The minimum Gasteiger partial charge on any atom is -0.341 e. The van der Waals surface area contributed by atoms with Crippen LogP contribution in [-0.4, -0.2) is 62.0 Å². The Bertz CT molecular complexity index is 237. The number of hydrogen-bond donors (Lipinski definition) is 1. The lowest BCUT2D eigenvalue weighted by atomic mass is 10.2. The van der Waals surface area contributed by atoms with E-state index in [2.05, 4.69) is 22.0 Å². The minimum atomic E-state index is 0.311. The first kappa shape index (κ1) is 15.4. The summed E-state index contributed by atoms with van der Waals surface area (Å²) in [5.41, 5.74) is 0. The molecule has 1 aliphatic rings. The summed E-state index contributed by atoms with van der Waals surface area (Å²) in [6.45, 7) is 5.95. The summed E-state index contributed by atoms with van der Waals surface area (Å²) in [6, 6.07) is 0.519. The summed E-state index contributed by atoms with van der Waals surface area (Å²) in [5.74, 6) is 0.311. The van der Waals surface area contributed by atoms with Crippen LogP contribution in [0.5, 0.6) is 0 Å². The van der Waals surface area contributed by atoms with E-state index in [4.69, 9.17) is 0 Å². The number of nitrogens with one attached hydrogen (secondary N) is 1. The molecule has 0 saturated carbocycles. The molecule has 1 unspecified atom stereocenters. The molecule has 0 bridgehead atoms. The van der Waals surface area contributed by atoms with Crippen molar-refractivity contribution < 1.29 is 4.79 Å². The van der Waals surface area contributed by atoms with Crippen LogP contribution in [0, 0.1) is 0 Å². The quantitative estimate of drug-likeness (QED) is 0.710. The average molecular weight is 255 g/mol. The van der Waals surface area contributed by atoms with E-state index in [1.54, 1.807) is 0 Å². The molecule has 0 spiro atoms. The van der Waals surface area contributed by atoms with Gasteiger partial charge in [0, 0.05) is 32.1 Å². The normalized spacial score (nSPS) is 19.4. The van der Waals surface area contributed by atoms with E-state index >= 15 is 0 Å². The van der Waals surface area contributed by atoms with Crippen LogP contribution in [0.15, 0.2) is 0 Å². The molecule has 0 aromatic heterocycles. The first-order valence-electron chi connectivity index (χ1n) is 7.29. The van der Waals surface area contributed by atoms with Gasteiger partial charge in [-0.05, 0) is 39.9 Å². The molecule has 0 aliphatic carbocycles. The Labute approximate surface area is 112 Å². The highest BCUT2D eigenvalue weighted by Gasteiger charge is 2.20. The van der Waals surface area contributed by atoms with E-state index in [9.17, 15) is 4.79 Å². The van der Waals surface area contributed by atoms with Gasteiger partial charge in [0.1, 0.15) is 0 Å². The highest BCUT2D eigenvalue weighted by atomic mass is 16.2. The zero-order chi connectivity index (χ0) is 13.4. The van der Waals surface area contributed by atoms with E-state index in [1.807, 2.05) is 14.1 Å². The Balaban J connectivity index is 2.39. The zero-order valence-corrected chi connectivity index (χ0v) is 12.2. The molecular weight excluding hydrogens is 226 g/mol. The number of hydrogen-bond acceptors (Lipinski definition) is 3. The molecule has 1 amide bonds. The zero-order valence-electron chi connectivity index (χ0n) is 12.2. The summed E-state index contributed by atoms with van der Waals surface area (Å²) in [4.78, 5) is 16.4. The topological polar surface area (TPSA) is 35.6 Å². The van der Waals surface area contributed by atoms with E-state index < -0.39 is 0 Å². The Morgan fingerprint density at radius 3 is 2.67 bits per heavy atom. The third-order valence-corrected chi connectivity index (χ3v) is 3.51. The fraction of sp³-hybridized carbons (Fsp3) is 0.929. The summed E-state index contributed by atoms with van der Waals surface area (Å²) < 4.78 is 0. The third-order valence-electron chi connectivity index (χ3n) is 3.51. The SMILES string of the molecule is CCCCN(CC1CCCN1)C(=O)CCN(C)C. The van der Waals surface area contributed by atoms with E-state index in [0.717, 1.165) is 39.0 Å². The largest absolute Gasteiger partial charge is 0.341 e. The second-order valence-corrected chi connectivity index (χ2v) is 5.54. The number of nitrogens with zero attached hydrogens (tertiary/aromatic N) is 2.